The molecular formula is C16H22O5. The summed E-state index contributed by atoms with van der Waals surface area (Å²) in [6.45, 7) is 5.54. The SMILES string of the molecule is C=CC=CC(=CC=C(CCO)C(=O)O)C(=O)OCCCC. The zero-order valence-electron chi connectivity index (χ0n) is 12.2. The fourth-order valence-corrected chi connectivity index (χ4v) is 1.33. The van der Waals surface area contributed by atoms with E-state index in [2.05, 4.69) is 6.58 Å². The van der Waals surface area contributed by atoms with Crippen LogP contribution in [0.15, 0.2) is 48.1 Å². The topological polar surface area (TPSA) is 83.8 Å². The highest BCUT2D eigenvalue weighted by Gasteiger charge is 2.09. The van der Waals surface area contributed by atoms with Crippen molar-refractivity contribution in [1.29, 1.82) is 0 Å². The van der Waals surface area contributed by atoms with E-state index in [1.807, 2.05) is 6.92 Å². The number of hydrogen-bond acceptors (Lipinski definition) is 4. The van der Waals surface area contributed by atoms with Crippen LogP contribution in [0.4, 0.5) is 0 Å². The number of unbranched alkanes of at least 4 members (excludes halogenated alkanes) is 1. The first-order valence-corrected chi connectivity index (χ1v) is 6.78. The van der Waals surface area contributed by atoms with Crippen molar-refractivity contribution in [3.05, 3.63) is 48.1 Å². The largest absolute Gasteiger partial charge is 0.478 e. The Morgan fingerprint density at radius 2 is 2.00 bits per heavy atom. The van der Waals surface area contributed by atoms with Crippen LogP contribution < -0.4 is 0 Å². The van der Waals surface area contributed by atoms with E-state index in [0.717, 1.165) is 12.8 Å². The maximum absolute atomic E-state index is 11.9. The van der Waals surface area contributed by atoms with Crippen LogP contribution >= 0.6 is 0 Å². The molecule has 0 aliphatic rings. The maximum Gasteiger partial charge on any atom is 0.338 e. The smallest absolute Gasteiger partial charge is 0.338 e. The molecule has 0 aliphatic heterocycles. The minimum Gasteiger partial charge on any atom is -0.478 e. The van der Waals surface area contributed by atoms with Crippen LogP contribution in [0.2, 0.25) is 0 Å². The van der Waals surface area contributed by atoms with Gasteiger partial charge >= 0.3 is 11.9 Å². The molecule has 0 aliphatic carbocycles. The summed E-state index contributed by atoms with van der Waals surface area (Å²) in [4.78, 5) is 22.8. The van der Waals surface area contributed by atoms with Gasteiger partial charge in [-0.3, -0.25) is 0 Å². The van der Waals surface area contributed by atoms with Gasteiger partial charge in [0.1, 0.15) is 0 Å². The van der Waals surface area contributed by atoms with Gasteiger partial charge in [-0.15, -0.1) is 0 Å². The Kier molecular flexibility index (Phi) is 10.5. The van der Waals surface area contributed by atoms with Gasteiger partial charge in [0, 0.05) is 18.6 Å². The standard InChI is InChI=1S/C16H22O5/c1-3-5-7-14(16(20)21-12-6-4-2)9-8-13(10-11-17)15(18)19/h3,5,7-9,17H,1,4,6,10-12H2,2H3,(H,18,19). The number of aliphatic carboxylic acids is 1. The van der Waals surface area contributed by atoms with E-state index in [1.54, 1.807) is 6.08 Å². The number of esters is 1. The molecule has 0 bridgehead atoms. The molecule has 0 rings (SSSR count). The van der Waals surface area contributed by atoms with Crippen LogP contribution in [0, 0.1) is 0 Å². The molecule has 0 heterocycles. The number of carbonyl (C=O) groups is 2. The number of carboxylic acids is 1. The van der Waals surface area contributed by atoms with Gasteiger partial charge in [0.25, 0.3) is 0 Å². The summed E-state index contributed by atoms with van der Waals surface area (Å²) >= 11 is 0. The Balaban J connectivity index is 5.10. The number of aliphatic hydroxyl groups is 1. The molecule has 0 saturated carbocycles. The second kappa shape index (κ2) is 11.7. The van der Waals surface area contributed by atoms with Gasteiger partial charge in [-0.05, 0) is 18.6 Å². The van der Waals surface area contributed by atoms with Crippen LogP contribution in [0.25, 0.3) is 0 Å². The molecule has 0 aromatic heterocycles. The Labute approximate surface area is 124 Å². The van der Waals surface area contributed by atoms with Crippen molar-refractivity contribution in [2.45, 2.75) is 26.2 Å². The van der Waals surface area contributed by atoms with Gasteiger partial charge in [0.05, 0.1) is 12.2 Å². The number of carboxylic acid groups (broad SMARTS) is 1. The highest BCUT2D eigenvalue weighted by molar-refractivity contribution is 5.93. The lowest BCUT2D eigenvalue weighted by atomic mass is 10.1. The molecule has 2 N–H and O–H groups in total. The highest BCUT2D eigenvalue weighted by Crippen LogP contribution is 2.07. The summed E-state index contributed by atoms with van der Waals surface area (Å²) in [7, 11) is 0. The van der Waals surface area contributed by atoms with E-state index < -0.39 is 11.9 Å². The van der Waals surface area contributed by atoms with E-state index in [9.17, 15) is 9.59 Å². The van der Waals surface area contributed by atoms with Crippen molar-refractivity contribution >= 4 is 11.9 Å². The first-order chi connectivity index (χ1) is 10.1. The zero-order valence-corrected chi connectivity index (χ0v) is 12.2. The normalized spacial score (nSPS) is 12.5. The summed E-state index contributed by atoms with van der Waals surface area (Å²) in [6.07, 6.45) is 8.91. The van der Waals surface area contributed by atoms with Crippen molar-refractivity contribution in [2.75, 3.05) is 13.2 Å². The number of aliphatic hydroxyl groups excluding tert-OH is 1. The molecule has 0 saturated heterocycles. The summed E-state index contributed by atoms with van der Waals surface area (Å²) < 4.78 is 5.08. The summed E-state index contributed by atoms with van der Waals surface area (Å²) in [5, 5.41) is 17.7. The molecule has 5 nitrogen and oxygen atoms in total. The predicted octanol–water partition coefficient (Wildman–Crippen LogP) is 2.39. The fraction of sp³-hybridized carbons (Fsp3) is 0.375. The summed E-state index contributed by atoms with van der Waals surface area (Å²) in [5.41, 5.74) is 0.242. The Hall–Kier alpha value is -2.14. The lowest BCUT2D eigenvalue weighted by Crippen LogP contribution is -2.08. The van der Waals surface area contributed by atoms with Crippen molar-refractivity contribution in [1.82, 2.24) is 0 Å². The van der Waals surface area contributed by atoms with E-state index in [-0.39, 0.29) is 24.2 Å². The molecule has 0 unspecified atom stereocenters. The average molecular weight is 294 g/mol. The minimum atomic E-state index is -1.13. The van der Waals surface area contributed by atoms with Gasteiger partial charge in [-0.1, -0.05) is 38.2 Å². The lowest BCUT2D eigenvalue weighted by Gasteiger charge is -2.04. The van der Waals surface area contributed by atoms with Gasteiger partial charge in [0.15, 0.2) is 0 Å². The Bertz CT molecular complexity index is 444. The van der Waals surface area contributed by atoms with Gasteiger partial charge in [-0.2, -0.15) is 0 Å². The predicted molar refractivity (Wildman–Crippen MR) is 80.7 cm³/mol. The van der Waals surface area contributed by atoms with E-state index in [4.69, 9.17) is 14.9 Å². The third-order valence-corrected chi connectivity index (χ3v) is 2.50. The van der Waals surface area contributed by atoms with Crippen molar-refractivity contribution in [2.24, 2.45) is 0 Å². The molecule has 116 valence electrons. The number of rotatable bonds is 10. The molecule has 0 aromatic rings. The molecular weight excluding hydrogens is 272 g/mol. The second-order valence-corrected chi connectivity index (χ2v) is 4.18. The lowest BCUT2D eigenvalue weighted by molar-refractivity contribution is -0.138. The number of hydrogen-bond donors (Lipinski definition) is 2. The molecule has 0 radical (unpaired) electrons. The first-order valence-electron chi connectivity index (χ1n) is 6.78. The van der Waals surface area contributed by atoms with Crippen molar-refractivity contribution < 1.29 is 24.5 Å². The number of ether oxygens (including phenoxy) is 1. The third kappa shape index (κ3) is 8.60. The van der Waals surface area contributed by atoms with E-state index in [1.165, 1.54) is 24.3 Å². The van der Waals surface area contributed by atoms with Crippen LogP contribution in [0.5, 0.6) is 0 Å². The van der Waals surface area contributed by atoms with Gasteiger partial charge in [0.2, 0.25) is 0 Å². The van der Waals surface area contributed by atoms with Crippen LogP contribution in [-0.2, 0) is 14.3 Å². The molecule has 21 heavy (non-hydrogen) atoms. The third-order valence-electron chi connectivity index (χ3n) is 2.50. The maximum atomic E-state index is 11.9. The average Bonchev–Trinajstić information content (AvgIpc) is 2.45. The Morgan fingerprint density at radius 1 is 1.29 bits per heavy atom. The van der Waals surface area contributed by atoms with Crippen molar-refractivity contribution in [3.63, 3.8) is 0 Å². The summed E-state index contributed by atoms with van der Waals surface area (Å²) in [6, 6.07) is 0. The Morgan fingerprint density at radius 3 is 2.52 bits per heavy atom. The van der Waals surface area contributed by atoms with Crippen molar-refractivity contribution in [3.8, 4) is 0 Å². The molecule has 0 amide bonds. The number of allylic oxidation sites excluding steroid dienone is 4. The summed E-state index contributed by atoms with van der Waals surface area (Å²) in [5.74, 6) is -1.65. The quantitative estimate of drug-likeness (QED) is 0.280. The number of carbonyl (C=O) groups excluding carboxylic acids is 1. The van der Waals surface area contributed by atoms with Crippen LogP contribution in [0.3, 0.4) is 0 Å². The highest BCUT2D eigenvalue weighted by atomic mass is 16.5. The first kappa shape index (κ1) is 18.9. The molecule has 0 atom stereocenters. The van der Waals surface area contributed by atoms with Crippen LogP contribution in [0.1, 0.15) is 26.2 Å². The van der Waals surface area contributed by atoms with Crippen LogP contribution in [-0.4, -0.2) is 35.4 Å². The second-order valence-electron chi connectivity index (χ2n) is 4.18. The van der Waals surface area contributed by atoms with E-state index >= 15 is 0 Å². The van der Waals surface area contributed by atoms with Gasteiger partial charge < -0.3 is 14.9 Å². The minimum absolute atomic E-state index is 0.00910. The molecule has 0 aromatic carbocycles. The zero-order chi connectivity index (χ0) is 16.1. The molecule has 5 heteroatoms. The van der Waals surface area contributed by atoms with Gasteiger partial charge in [-0.25, -0.2) is 9.59 Å². The fourth-order valence-electron chi connectivity index (χ4n) is 1.33. The van der Waals surface area contributed by atoms with E-state index in [0.29, 0.717) is 6.61 Å². The monoisotopic (exact) mass is 294 g/mol. The molecule has 0 fully saturated rings. The molecule has 0 spiro atoms.